The first-order valence-corrected chi connectivity index (χ1v) is 7.03. The van der Waals surface area contributed by atoms with Crippen molar-refractivity contribution in [2.75, 3.05) is 45.2 Å². The van der Waals surface area contributed by atoms with Crippen LogP contribution in [-0.2, 0) is 0 Å². The second kappa shape index (κ2) is 8.43. The second-order valence-corrected chi connectivity index (χ2v) is 4.58. The first-order valence-electron chi connectivity index (χ1n) is 7.03. The number of amides is 1. The zero-order valence-corrected chi connectivity index (χ0v) is 12.8. The third-order valence-electron chi connectivity index (χ3n) is 3.34. The molecule has 5 heteroatoms. The van der Waals surface area contributed by atoms with Gasteiger partial charge in [0.05, 0.1) is 0 Å². The Morgan fingerprint density at radius 1 is 1.15 bits per heavy atom. The molecule has 0 saturated heterocycles. The minimum Gasteiger partial charge on any atom is -0.410 e. The van der Waals surface area contributed by atoms with Gasteiger partial charge in [0.1, 0.15) is 5.75 Å². The number of ether oxygens (including phenoxy) is 1. The molecule has 20 heavy (non-hydrogen) atoms. The van der Waals surface area contributed by atoms with Crippen LogP contribution in [0.25, 0.3) is 0 Å². The van der Waals surface area contributed by atoms with E-state index in [4.69, 9.17) is 4.74 Å². The highest BCUT2D eigenvalue weighted by Crippen LogP contribution is 2.18. The van der Waals surface area contributed by atoms with E-state index in [2.05, 4.69) is 36.0 Å². The fourth-order valence-corrected chi connectivity index (χ4v) is 1.89. The van der Waals surface area contributed by atoms with Gasteiger partial charge in [0.2, 0.25) is 0 Å². The van der Waals surface area contributed by atoms with Crippen LogP contribution in [0, 0.1) is 0 Å². The summed E-state index contributed by atoms with van der Waals surface area (Å²) in [5.74, 6) is 0.547. The molecule has 0 aliphatic heterocycles. The highest BCUT2D eigenvalue weighted by molar-refractivity contribution is 5.70. The molecule has 0 atom stereocenters. The highest BCUT2D eigenvalue weighted by Gasteiger charge is 2.05. The van der Waals surface area contributed by atoms with Gasteiger partial charge in [-0.15, -0.1) is 0 Å². The van der Waals surface area contributed by atoms with Gasteiger partial charge in [0, 0.05) is 32.9 Å². The smallest absolute Gasteiger partial charge is 0.410 e. The standard InChI is InChI=1S/C15H25N3O2/c1-5-18(6-2)12-11-17(4)13-7-9-14(10-8-13)20-15(19)16-3/h7-10H,5-6,11-12H2,1-4H3,(H,16,19). The molecule has 0 heterocycles. The zero-order chi connectivity index (χ0) is 15.0. The first kappa shape index (κ1) is 16.3. The maximum Gasteiger partial charge on any atom is 0.412 e. The molecule has 0 spiro atoms. The summed E-state index contributed by atoms with van der Waals surface area (Å²) in [5, 5.41) is 2.42. The number of rotatable bonds is 7. The molecule has 0 aliphatic carbocycles. The molecule has 0 fully saturated rings. The lowest BCUT2D eigenvalue weighted by Gasteiger charge is -2.24. The Morgan fingerprint density at radius 3 is 2.25 bits per heavy atom. The molecule has 0 bridgehead atoms. The van der Waals surface area contributed by atoms with Crippen molar-refractivity contribution >= 4 is 11.8 Å². The average molecular weight is 279 g/mol. The second-order valence-electron chi connectivity index (χ2n) is 4.58. The molecule has 5 nitrogen and oxygen atoms in total. The molecule has 0 aliphatic rings. The lowest BCUT2D eigenvalue weighted by Crippen LogP contribution is -2.33. The van der Waals surface area contributed by atoms with E-state index in [1.807, 2.05) is 12.1 Å². The summed E-state index contributed by atoms with van der Waals surface area (Å²) in [5.41, 5.74) is 1.11. The molecule has 1 rings (SSSR count). The van der Waals surface area contributed by atoms with Gasteiger partial charge in [0.25, 0.3) is 0 Å². The van der Waals surface area contributed by atoms with Crippen molar-refractivity contribution in [3.05, 3.63) is 24.3 Å². The van der Waals surface area contributed by atoms with Gasteiger partial charge in [-0.25, -0.2) is 4.79 Å². The number of hydrogen-bond acceptors (Lipinski definition) is 4. The van der Waals surface area contributed by atoms with Gasteiger partial charge < -0.3 is 19.9 Å². The van der Waals surface area contributed by atoms with Gasteiger partial charge in [-0.1, -0.05) is 13.8 Å². The summed E-state index contributed by atoms with van der Waals surface area (Å²) in [6.07, 6.45) is -0.451. The molecule has 112 valence electrons. The van der Waals surface area contributed by atoms with E-state index in [1.54, 1.807) is 12.1 Å². The summed E-state index contributed by atoms with van der Waals surface area (Å²) >= 11 is 0. The molecule has 0 aromatic heterocycles. The molecule has 0 unspecified atom stereocenters. The van der Waals surface area contributed by atoms with Gasteiger partial charge in [-0.05, 0) is 37.4 Å². The average Bonchev–Trinajstić information content (AvgIpc) is 2.48. The third kappa shape index (κ3) is 5.09. The van der Waals surface area contributed by atoms with Crippen LogP contribution < -0.4 is 15.0 Å². The minimum absolute atomic E-state index is 0.451. The fourth-order valence-electron chi connectivity index (χ4n) is 1.89. The van der Waals surface area contributed by atoms with Crippen molar-refractivity contribution in [2.24, 2.45) is 0 Å². The monoisotopic (exact) mass is 279 g/mol. The van der Waals surface area contributed by atoms with E-state index in [1.165, 1.54) is 7.05 Å². The lowest BCUT2D eigenvalue weighted by atomic mass is 10.3. The summed E-state index contributed by atoms with van der Waals surface area (Å²) in [6, 6.07) is 7.53. The maximum atomic E-state index is 11.1. The van der Waals surface area contributed by atoms with E-state index in [0.29, 0.717) is 5.75 Å². The van der Waals surface area contributed by atoms with Gasteiger partial charge in [0.15, 0.2) is 0 Å². The third-order valence-corrected chi connectivity index (χ3v) is 3.34. The molecule has 1 aromatic carbocycles. The van der Waals surface area contributed by atoms with Gasteiger partial charge in [-0.3, -0.25) is 0 Å². The highest BCUT2D eigenvalue weighted by atomic mass is 16.5. The molecule has 1 amide bonds. The van der Waals surface area contributed by atoms with E-state index in [0.717, 1.165) is 31.9 Å². The van der Waals surface area contributed by atoms with Crippen LogP contribution >= 0.6 is 0 Å². The molecule has 0 saturated carbocycles. The normalized spacial score (nSPS) is 10.4. The Bertz CT molecular complexity index is 402. The SMILES string of the molecule is CCN(CC)CCN(C)c1ccc(OC(=O)NC)cc1. The van der Waals surface area contributed by atoms with E-state index in [-0.39, 0.29) is 0 Å². The van der Waals surface area contributed by atoms with Crippen molar-refractivity contribution in [1.82, 2.24) is 10.2 Å². The topological polar surface area (TPSA) is 44.8 Å². The van der Waals surface area contributed by atoms with Crippen molar-refractivity contribution < 1.29 is 9.53 Å². The van der Waals surface area contributed by atoms with E-state index < -0.39 is 6.09 Å². The summed E-state index contributed by atoms with van der Waals surface area (Å²) in [6.45, 7) is 8.51. The van der Waals surface area contributed by atoms with Crippen LogP contribution in [0.4, 0.5) is 10.5 Å². The Labute approximate surface area is 121 Å². The molecular formula is C15H25N3O2. The van der Waals surface area contributed by atoms with Crippen molar-refractivity contribution in [3.8, 4) is 5.75 Å². The molecule has 0 radical (unpaired) electrons. The predicted octanol–water partition coefficient (Wildman–Crippen LogP) is 2.18. The first-order chi connectivity index (χ1) is 9.60. The number of benzene rings is 1. The Hall–Kier alpha value is -1.75. The van der Waals surface area contributed by atoms with Crippen LogP contribution in [0.2, 0.25) is 0 Å². The van der Waals surface area contributed by atoms with Gasteiger partial charge in [-0.2, -0.15) is 0 Å². The number of likely N-dealkylation sites (N-methyl/N-ethyl adjacent to an activating group) is 2. The maximum absolute atomic E-state index is 11.1. The molecule has 1 aromatic rings. The predicted molar refractivity (Wildman–Crippen MR) is 82.6 cm³/mol. The van der Waals surface area contributed by atoms with E-state index >= 15 is 0 Å². The Kier molecular flexibility index (Phi) is 6.87. The molecular weight excluding hydrogens is 254 g/mol. The Balaban J connectivity index is 2.52. The van der Waals surface area contributed by atoms with Crippen molar-refractivity contribution in [3.63, 3.8) is 0 Å². The summed E-state index contributed by atoms with van der Waals surface area (Å²) in [4.78, 5) is 15.7. The largest absolute Gasteiger partial charge is 0.412 e. The minimum atomic E-state index is -0.451. The Morgan fingerprint density at radius 2 is 1.75 bits per heavy atom. The van der Waals surface area contributed by atoms with Crippen molar-refractivity contribution in [2.45, 2.75) is 13.8 Å². The molecule has 1 N–H and O–H groups in total. The zero-order valence-electron chi connectivity index (χ0n) is 12.8. The van der Waals surface area contributed by atoms with Crippen molar-refractivity contribution in [1.29, 1.82) is 0 Å². The van der Waals surface area contributed by atoms with Crippen LogP contribution in [0.15, 0.2) is 24.3 Å². The van der Waals surface area contributed by atoms with Gasteiger partial charge >= 0.3 is 6.09 Å². The van der Waals surface area contributed by atoms with Crippen LogP contribution in [0.1, 0.15) is 13.8 Å². The summed E-state index contributed by atoms with van der Waals surface area (Å²) in [7, 11) is 3.61. The van der Waals surface area contributed by atoms with Crippen LogP contribution in [-0.4, -0.2) is 51.3 Å². The number of nitrogens with one attached hydrogen (secondary N) is 1. The lowest BCUT2D eigenvalue weighted by molar-refractivity contribution is 0.203. The number of hydrogen-bond donors (Lipinski definition) is 1. The number of carbonyl (C=O) groups is 1. The number of carbonyl (C=O) groups excluding carboxylic acids is 1. The quantitative estimate of drug-likeness (QED) is 0.831. The number of anilines is 1. The van der Waals surface area contributed by atoms with E-state index in [9.17, 15) is 4.79 Å². The summed E-state index contributed by atoms with van der Waals surface area (Å²) < 4.78 is 5.05. The van der Waals surface area contributed by atoms with Crippen LogP contribution in [0.3, 0.4) is 0 Å². The van der Waals surface area contributed by atoms with Crippen LogP contribution in [0.5, 0.6) is 5.75 Å². The number of nitrogens with zero attached hydrogens (tertiary/aromatic N) is 2. The fraction of sp³-hybridized carbons (Fsp3) is 0.533.